The Kier molecular flexibility index (Phi) is 10.7. The van der Waals surface area contributed by atoms with E-state index in [1.165, 1.54) is 16.7 Å². The van der Waals surface area contributed by atoms with Gasteiger partial charge in [0.15, 0.2) is 6.10 Å². The quantitative estimate of drug-likeness (QED) is 0.178. The Morgan fingerprint density at radius 2 is 1.62 bits per heavy atom. The minimum atomic E-state index is -0.880. The summed E-state index contributed by atoms with van der Waals surface area (Å²) in [5.74, 6) is -0.944. The van der Waals surface area contributed by atoms with Gasteiger partial charge in [0, 0.05) is 36.8 Å². The Hall–Kier alpha value is -4.42. The van der Waals surface area contributed by atoms with Crippen molar-refractivity contribution in [1.82, 2.24) is 20.1 Å². The standard InChI is InChI=1S/C36H36N4O6S.BrH/c1-36(2,3)46-35(44)38-28-32(42)40-29(34(43)45-30(24-10-6-4-7-11-24)25-12-8-5-9-13-25)27(22-47-33(28)40)20-26-16-19-39(31(26)41)21-23-14-17-37-18-15-23;/h4-15,17-18,20,28,30,33H,16,19,21-22H2,1-3H3,(H,38,44);1H/t28-,33-;/m1./s1. The summed E-state index contributed by atoms with van der Waals surface area (Å²) in [5.41, 5.74) is 2.92. The number of β-lactam (4-membered cyclic amide) rings is 1. The second-order valence-electron chi connectivity index (χ2n) is 12.5. The van der Waals surface area contributed by atoms with Crippen molar-refractivity contribution >= 4 is 52.6 Å². The van der Waals surface area contributed by atoms with Crippen LogP contribution in [-0.2, 0) is 30.4 Å². The van der Waals surface area contributed by atoms with Crippen molar-refractivity contribution in [2.45, 2.75) is 56.9 Å². The maximum atomic E-state index is 14.3. The molecule has 250 valence electrons. The number of likely N-dealkylation sites (tertiary alicyclic amines) is 1. The highest BCUT2D eigenvalue weighted by Crippen LogP contribution is 2.42. The molecular formula is C36H37BrN4O6S. The van der Waals surface area contributed by atoms with Gasteiger partial charge >= 0.3 is 12.1 Å². The zero-order valence-electron chi connectivity index (χ0n) is 26.8. The number of fused-ring (bicyclic) bond motifs is 1. The molecule has 0 aliphatic carbocycles. The van der Waals surface area contributed by atoms with Crippen molar-refractivity contribution in [3.05, 3.63) is 125 Å². The van der Waals surface area contributed by atoms with Crippen molar-refractivity contribution in [2.75, 3.05) is 12.3 Å². The first-order valence-corrected chi connectivity index (χ1v) is 16.5. The number of thioether (sulfide) groups is 1. The Morgan fingerprint density at radius 1 is 1.00 bits per heavy atom. The number of amides is 3. The number of hydrogen-bond donors (Lipinski definition) is 1. The van der Waals surface area contributed by atoms with Gasteiger partial charge in [-0.25, -0.2) is 9.59 Å². The van der Waals surface area contributed by atoms with E-state index in [1.54, 1.807) is 44.1 Å². The lowest BCUT2D eigenvalue weighted by Gasteiger charge is -2.49. The van der Waals surface area contributed by atoms with Gasteiger partial charge in [-0.05, 0) is 67.7 Å². The molecule has 6 rings (SSSR count). The molecule has 0 spiro atoms. The molecule has 1 aromatic heterocycles. The fourth-order valence-corrected chi connectivity index (χ4v) is 7.10. The molecule has 2 atom stereocenters. The number of benzene rings is 2. The molecule has 0 bridgehead atoms. The van der Waals surface area contributed by atoms with Crippen LogP contribution >= 0.6 is 28.7 Å². The van der Waals surface area contributed by atoms with Crippen LogP contribution in [0.3, 0.4) is 0 Å². The number of carbonyl (C=O) groups is 4. The van der Waals surface area contributed by atoms with Crippen LogP contribution in [-0.4, -0.2) is 68.0 Å². The Labute approximate surface area is 294 Å². The van der Waals surface area contributed by atoms with Crippen LogP contribution in [0.4, 0.5) is 4.79 Å². The minimum Gasteiger partial charge on any atom is -0.448 e. The number of hydrogen-bond acceptors (Lipinski definition) is 8. The minimum absolute atomic E-state index is 0. The van der Waals surface area contributed by atoms with Gasteiger partial charge in [-0.15, -0.1) is 28.7 Å². The molecule has 3 aliphatic rings. The van der Waals surface area contributed by atoms with Crippen molar-refractivity contribution in [1.29, 1.82) is 0 Å². The highest BCUT2D eigenvalue weighted by molar-refractivity contribution is 8.93. The van der Waals surface area contributed by atoms with Crippen LogP contribution in [0.2, 0.25) is 0 Å². The lowest BCUT2D eigenvalue weighted by molar-refractivity contribution is -0.153. The zero-order chi connectivity index (χ0) is 33.1. The molecule has 0 saturated carbocycles. The van der Waals surface area contributed by atoms with Gasteiger partial charge in [0.05, 0.1) is 0 Å². The number of pyridine rings is 1. The number of carbonyl (C=O) groups excluding carboxylic acids is 4. The van der Waals surface area contributed by atoms with E-state index >= 15 is 0 Å². The van der Waals surface area contributed by atoms with Crippen molar-refractivity contribution in [2.24, 2.45) is 0 Å². The monoisotopic (exact) mass is 732 g/mol. The van der Waals surface area contributed by atoms with Crippen LogP contribution in [0.15, 0.2) is 108 Å². The average molecular weight is 734 g/mol. The lowest BCUT2D eigenvalue weighted by Crippen LogP contribution is -2.70. The fraction of sp³-hybridized carbons (Fsp3) is 0.306. The van der Waals surface area contributed by atoms with Gasteiger partial charge in [-0.1, -0.05) is 60.7 Å². The summed E-state index contributed by atoms with van der Waals surface area (Å²) in [6, 6.07) is 21.6. The third kappa shape index (κ3) is 7.65. The topological polar surface area (TPSA) is 118 Å². The van der Waals surface area contributed by atoms with Gasteiger partial charge in [0.25, 0.3) is 5.91 Å². The highest BCUT2D eigenvalue weighted by Gasteiger charge is 2.55. The summed E-state index contributed by atoms with van der Waals surface area (Å²) in [6.45, 7) is 6.20. The second kappa shape index (κ2) is 14.8. The van der Waals surface area contributed by atoms with Gasteiger partial charge in [0.1, 0.15) is 22.7 Å². The number of nitrogens with one attached hydrogen (secondary N) is 1. The number of nitrogens with zero attached hydrogens (tertiary/aromatic N) is 3. The van der Waals surface area contributed by atoms with E-state index in [1.807, 2.05) is 72.8 Å². The van der Waals surface area contributed by atoms with E-state index in [-0.39, 0.29) is 28.6 Å². The molecule has 3 aromatic rings. The number of rotatable bonds is 8. The van der Waals surface area contributed by atoms with Crippen LogP contribution in [0.1, 0.15) is 50.0 Å². The zero-order valence-corrected chi connectivity index (χ0v) is 29.4. The van der Waals surface area contributed by atoms with Gasteiger partial charge in [-0.2, -0.15) is 0 Å². The highest BCUT2D eigenvalue weighted by atomic mass is 79.9. The van der Waals surface area contributed by atoms with Crippen molar-refractivity contribution in [3.63, 3.8) is 0 Å². The summed E-state index contributed by atoms with van der Waals surface area (Å²) in [4.78, 5) is 61.1. The van der Waals surface area contributed by atoms with E-state index in [0.29, 0.717) is 36.4 Å². The fourth-order valence-electron chi connectivity index (χ4n) is 5.80. The van der Waals surface area contributed by atoms with Crippen LogP contribution in [0.25, 0.3) is 0 Å². The SMILES string of the molecule is Br.CC(C)(C)OC(=O)N[C@@H]1C(=O)N2C(C(=O)OC(c3ccccc3)c3ccccc3)=C(C=C3CCN(Cc4ccncc4)C3=O)CS[C@H]12. The molecule has 0 unspecified atom stereocenters. The first-order valence-electron chi connectivity index (χ1n) is 15.5. The molecule has 4 heterocycles. The molecule has 2 fully saturated rings. The summed E-state index contributed by atoms with van der Waals surface area (Å²) in [7, 11) is 0. The van der Waals surface area contributed by atoms with E-state index in [2.05, 4.69) is 10.3 Å². The molecule has 1 N–H and O–H groups in total. The van der Waals surface area contributed by atoms with Crippen molar-refractivity contribution < 1.29 is 28.7 Å². The van der Waals surface area contributed by atoms with E-state index in [0.717, 1.165) is 16.7 Å². The average Bonchev–Trinajstić information content (AvgIpc) is 3.40. The smallest absolute Gasteiger partial charge is 0.408 e. The van der Waals surface area contributed by atoms with Gasteiger partial charge in [0.2, 0.25) is 5.91 Å². The normalized spacial score (nSPS) is 19.9. The molecule has 12 heteroatoms. The second-order valence-corrected chi connectivity index (χ2v) is 13.6. The first-order chi connectivity index (χ1) is 22.6. The molecule has 0 radical (unpaired) electrons. The van der Waals surface area contributed by atoms with E-state index in [4.69, 9.17) is 9.47 Å². The van der Waals surface area contributed by atoms with Gasteiger partial charge in [-0.3, -0.25) is 19.5 Å². The molecule has 48 heavy (non-hydrogen) atoms. The molecule has 2 saturated heterocycles. The summed E-state index contributed by atoms with van der Waals surface area (Å²) in [5, 5.41) is 2.12. The molecule has 10 nitrogen and oxygen atoms in total. The first kappa shape index (κ1) is 34.9. The maximum absolute atomic E-state index is 14.3. The predicted molar refractivity (Wildman–Crippen MR) is 187 cm³/mol. The molecule has 3 aliphatic heterocycles. The molecule has 3 amide bonds. The van der Waals surface area contributed by atoms with Crippen LogP contribution < -0.4 is 5.32 Å². The van der Waals surface area contributed by atoms with Gasteiger partial charge < -0.3 is 19.7 Å². The third-order valence-corrected chi connectivity index (χ3v) is 9.28. The Bertz CT molecular complexity index is 1690. The largest absolute Gasteiger partial charge is 0.448 e. The van der Waals surface area contributed by atoms with Crippen LogP contribution in [0, 0.1) is 0 Å². The predicted octanol–water partition coefficient (Wildman–Crippen LogP) is 5.71. The van der Waals surface area contributed by atoms with Crippen LogP contribution in [0.5, 0.6) is 0 Å². The summed E-state index contributed by atoms with van der Waals surface area (Å²) >= 11 is 1.41. The number of esters is 1. The lowest BCUT2D eigenvalue weighted by atomic mass is 10.00. The number of ether oxygens (including phenoxy) is 2. The van der Waals surface area contributed by atoms with Crippen molar-refractivity contribution in [3.8, 4) is 0 Å². The van der Waals surface area contributed by atoms with E-state index < -0.39 is 41.1 Å². The Balaban J connectivity index is 0.00000451. The number of halogens is 1. The number of allylic oxidation sites excluding steroid dienone is 1. The summed E-state index contributed by atoms with van der Waals surface area (Å²) < 4.78 is 11.6. The third-order valence-electron chi connectivity index (χ3n) is 7.98. The maximum Gasteiger partial charge on any atom is 0.408 e. The van der Waals surface area contributed by atoms with E-state index in [9.17, 15) is 19.2 Å². The number of aromatic nitrogens is 1. The molecular weight excluding hydrogens is 696 g/mol. The Morgan fingerprint density at radius 3 is 2.23 bits per heavy atom. The number of alkyl carbamates (subject to hydrolysis) is 1. The molecule has 2 aromatic carbocycles. The summed E-state index contributed by atoms with van der Waals surface area (Å²) in [6.07, 6.45) is 4.16.